The minimum atomic E-state index is -4.61. The second-order valence-electron chi connectivity index (χ2n) is 7.17. The molecule has 1 fully saturated rings. The van der Waals surface area contributed by atoms with Gasteiger partial charge in [-0.25, -0.2) is 10.4 Å². The number of nitrogens with zero attached hydrogens (tertiary/aromatic N) is 5. The Balaban J connectivity index is 1.36. The molecule has 0 saturated carbocycles. The summed E-state index contributed by atoms with van der Waals surface area (Å²) in [5, 5.41) is 10.5. The van der Waals surface area contributed by atoms with Crippen LogP contribution in [0.15, 0.2) is 41.4 Å². The Kier molecular flexibility index (Phi) is 6.37. The van der Waals surface area contributed by atoms with E-state index in [2.05, 4.69) is 44.0 Å². The molecule has 1 atom stereocenters. The van der Waals surface area contributed by atoms with Crippen molar-refractivity contribution < 1.29 is 22.8 Å². The number of aliphatic imine (C=N–C) groups is 1. The summed E-state index contributed by atoms with van der Waals surface area (Å²) in [6, 6.07) is 7.86. The first-order chi connectivity index (χ1) is 15.7. The molecule has 14 heteroatoms. The molecule has 0 aliphatic carbocycles. The van der Waals surface area contributed by atoms with Crippen molar-refractivity contribution in [3.63, 3.8) is 0 Å². The van der Waals surface area contributed by atoms with E-state index in [0.29, 0.717) is 18.9 Å². The fraction of sp³-hybridized carbons (Fsp3) is 0.316. The quantitative estimate of drug-likeness (QED) is 0.482. The predicted molar refractivity (Wildman–Crippen MR) is 116 cm³/mol. The van der Waals surface area contributed by atoms with Gasteiger partial charge in [0.15, 0.2) is 17.0 Å². The number of benzene rings is 1. The third-order valence-electron chi connectivity index (χ3n) is 5.04. The number of anilines is 1. The molecule has 2 aliphatic rings. The number of amides is 2. The van der Waals surface area contributed by atoms with Crippen LogP contribution < -0.4 is 21.1 Å². The highest BCUT2D eigenvalue weighted by Gasteiger charge is 2.36. The molecule has 0 spiro atoms. The number of hydrazine groups is 1. The van der Waals surface area contributed by atoms with Gasteiger partial charge in [-0.3, -0.25) is 20.3 Å². The van der Waals surface area contributed by atoms with Crippen molar-refractivity contribution in [3.05, 3.63) is 53.2 Å². The summed E-state index contributed by atoms with van der Waals surface area (Å²) in [4.78, 5) is 32.1. The first-order valence-electron chi connectivity index (χ1n) is 9.85. The highest BCUT2D eigenvalue weighted by molar-refractivity contribution is 7.80. The lowest BCUT2D eigenvalue weighted by molar-refractivity contribution is -0.138. The number of thiol groups is 1. The molecular formula is C19H19F3N8O2S. The third kappa shape index (κ3) is 5.17. The minimum Gasteiger partial charge on any atom is -0.352 e. The van der Waals surface area contributed by atoms with E-state index in [0.717, 1.165) is 6.07 Å². The minimum absolute atomic E-state index is 0.0726. The van der Waals surface area contributed by atoms with Gasteiger partial charge in [0, 0.05) is 26.2 Å². The number of hydrogen-bond acceptors (Lipinski definition) is 9. The Bertz CT molecular complexity index is 1070. The van der Waals surface area contributed by atoms with E-state index in [4.69, 9.17) is 0 Å². The van der Waals surface area contributed by atoms with Crippen LogP contribution in [-0.2, 0) is 6.18 Å². The van der Waals surface area contributed by atoms with Gasteiger partial charge in [-0.1, -0.05) is 12.1 Å². The maximum atomic E-state index is 13.2. The van der Waals surface area contributed by atoms with Crippen molar-refractivity contribution in [1.29, 1.82) is 0 Å². The summed E-state index contributed by atoms with van der Waals surface area (Å²) in [7, 11) is 0. The third-order valence-corrected chi connectivity index (χ3v) is 5.28. The van der Waals surface area contributed by atoms with E-state index in [1.54, 1.807) is 6.07 Å². The summed E-state index contributed by atoms with van der Waals surface area (Å²) in [5.41, 5.74) is 3.62. The van der Waals surface area contributed by atoms with Crippen molar-refractivity contribution in [1.82, 2.24) is 31.3 Å². The Morgan fingerprint density at radius 2 is 1.79 bits per heavy atom. The standard InChI is InChI=1S/C19H19F3N8O2S/c20-19(21,22)12-4-2-1-3-11(12)16(32)30-9-7-29(8-10-30)14-6-5-13(25-26-14)15(31)23-17-24-18(33)28-27-17/h1-6,18,28,33H,7-10H2,(H2,23,24,27,31). The zero-order valence-electron chi connectivity index (χ0n) is 17.0. The van der Waals surface area contributed by atoms with Gasteiger partial charge in [0.1, 0.15) is 0 Å². The molecule has 1 aromatic heterocycles. The largest absolute Gasteiger partial charge is 0.417 e. The highest BCUT2D eigenvalue weighted by Crippen LogP contribution is 2.32. The molecule has 0 bridgehead atoms. The number of carbonyl (C=O) groups excluding carboxylic acids is 2. The first kappa shape index (κ1) is 22.8. The van der Waals surface area contributed by atoms with E-state index in [-0.39, 0.29) is 30.3 Å². The van der Waals surface area contributed by atoms with Crippen LogP contribution >= 0.6 is 12.6 Å². The Morgan fingerprint density at radius 1 is 1.06 bits per heavy atom. The molecule has 3 heterocycles. The summed E-state index contributed by atoms with van der Waals surface area (Å²) in [6.45, 7) is 1.16. The average Bonchev–Trinajstić information content (AvgIpc) is 3.22. The maximum Gasteiger partial charge on any atom is 0.417 e. The van der Waals surface area contributed by atoms with Gasteiger partial charge in [-0.15, -0.1) is 22.8 Å². The van der Waals surface area contributed by atoms with Crippen molar-refractivity contribution >= 4 is 36.2 Å². The predicted octanol–water partition coefficient (Wildman–Crippen LogP) is 0.865. The van der Waals surface area contributed by atoms with Gasteiger partial charge >= 0.3 is 6.18 Å². The normalized spacial score (nSPS) is 18.5. The number of aromatic nitrogens is 2. The van der Waals surface area contributed by atoms with Gasteiger partial charge in [0.2, 0.25) is 5.96 Å². The molecule has 174 valence electrons. The number of rotatable bonds is 3. The van der Waals surface area contributed by atoms with E-state index in [1.165, 1.54) is 29.2 Å². The monoisotopic (exact) mass is 480 g/mol. The lowest BCUT2D eigenvalue weighted by Gasteiger charge is -2.35. The second-order valence-corrected chi connectivity index (χ2v) is 7.66. The van der Waals surface area contributed by atoms with Crippen LogP contribution in [0.3, 0.4) is 0 Å². The lowest BCUT2D eigenvalue weighted by atomic mass is 10.1. The SMILES string of the molecule is O=C(NC1=NC(S)NN1)c1ccc(N2CCN(C(=O)c3ccccc3C(F)(F)F)CC2)nn1. The number of piperazine rings is 1. The van der Waals surface area contributed by atoms with Crippen LogP contribution in [0.5, 0.6) is 0 Å². The zero-order chi connectivity index (χ0) is 23.6. The Morgan fingerprint density at radius 3 is 2.39 bits per heavy atom. The van der Waals surface area contributed by atoms with Crippen LogP contribution in [0.1, 0.15) is 26.4 Å². The number of alkyl halides is 3. The second kappa shape index (κ2) is 9.23. The zero-order valence-corrected chi connectivity index (χ0v) is 17.9. The number of nitrogens with one attached hydrogen (secondary N) is 3. The van der Waals surface area contributed by atoms with Crippen LogP contribution in [0.4, 0.5) is 19.0 Å². The molecule has 1 aromatic carbocycles. The van der Waals surface area contributed by atoms with E-state index in [1.807, 2.05) is 4.90 Å². The van der Waals surface area contributed by atoms with Crippen LogP contribution in [-0.4, -0.2) is 64.5 Å². The highest BCUT2D eigenvalue weighted by atomic mass is 32.1. The van der Waals surface area contributed by atoms with Gasteiger partial charge in [-0.2, -0.15) is 13.2 Å². The number of hydrogen-bond donors (Lipinski definition) is 4. The lowest BCUT2D eigenvalue weighted by Crippen LogP contribution is -2.49. The molecule has 2 aromatic rings. The molecule has 2 aliphatic heterocycles. The van der Waals surface area contributed by atoms with Gasteiger partial charge in [0.25, 0.3) is 11.8 Å². The van der Waals surface area contributed by atoms with Crippen LogP contribution in [0, 0.1) is 0 Å². The van der Waals surface area contributed by atoms with Crippen molar-refractivity contribution in [2.45, 2.75) is 11.7 Å². The fourth-order valence-electron chi connectivity index (χ4n) is 3.40. The number of guanidine groups is 1. The molecule has 1 saturated heterocycles. The molecule has 10 nitrogen and oxygen atoms in total. The van der Waals surface area contributed by atoms with E-state index >= 15 is 0 Å². The first-order valence-corrected chi connectivity index (χ1v) is 10.4. The van der Waals surface area contributed by atoms with E-state index in [9.17, 15) is 22.8 Å². The molecule has 4 rings (SSSR count). The fourth-order valence-corrected chi connectivity index (χ4v) is 3.58. The van der Waals surface area contributed by atoms with E-state index < -0.39 is 29.1 Å². The molecule has 0 radical (unpaired) electrons. The molecule has 3 N–H and O–H groups in total. The summed E-state index contributed by atoms with van der Waals surface area (Å²) < 4.78 is 39.7. The van der Waals surface area contributed by atoms with Crippen LogP contribution in [0.2, 0.25) is 0 Å². The molecule has 2 amide bonds. The van der Waals surface area contributed by atoms with Crippen molar-refractivity contribution in [2.24, 2.45) is 4.99 Å². The summed E-state index contributed by atoms with van der Waals surface area (Å²) >= 11 is 4.07. The summed E-state index contributed by atoms with van der Waals surface area (Å²) in [6.07, 6.45) is -4.61. The van der Waals surface area contributed by atoms with Gasteiger partial charge in [-0.05, 0) is 24.3 Å². The molecule has 1 unspecified atom stereocenters. The smallest absolute Gasteiger partial charge is 0.352 e. The Hall–Kier alpha value is -3.39. The average molecular weight is 480 g/mol. The number of carbonyl (C=O) groups is 2. The van der Waals surface area contributed by atoms with Gasteiger partial charge < -0.3 is 9.80 Å². The Labute approximate surface area is 191 Å². The molecular weight excluding hydrogens is 461 g/mol. The van der Waals surface area contributed by atoms with Crippen molar-refractivity contribution in [3.8, 4) is 0 Å². The number of halogens is 3. The summed E-state index contributed by atoms with van der Waals surface area (Å²) in [5.74, 6) is -0.480. The topological polar surface area (TPSA) is 115 Å². The van der Waals surface area contributed by atoms with Gasteiger partial charge in [0.05, 0.1) is 11.1 Å². The van der Waals surface area contributed by atoms with Crippen LogP contribution in [0.25, 0.3) is 0 Å². The van der Waals surface area contributed by atoms with Crippen molar-refractivity contribution in [2.75, 3.05) is 31.1 Å². The molecule has 33 heavy (non-hydrogen) atoms. The maximum absolute atomic E-state index is 13.2.